The molecular formula is C23H24N2O6. The molecule has 0 bridgehead atoms. The van der Waals surface area contributed by atoms with Crippen molar-refractivity contribution in [1.29, 1.82) is 0 Å². The van der Waals surface area contributed by atoms with Gasteiger partial charge in [0.05, 0.1) is 6.21 Å². The standard InChI is InChI=1S/C23H24N2O6/c1-30-25-16-8-14-21(28)24-15-7-13-20-18(26)11-5-3-2-4-9-17-10-6-12-19(27)22(17)23(29)31-20/h2-12,14-16,18,20,26-27H,13H2,1H3,(H,24,28)/b3-2-,9-4+,11-5-,14-8-,15-7-,25-16+/t18-,20-/m0/s1. The number of amides is 1. The number of oxime groups is 1. The molecule has 2 atom stereocenters. The lowest BCUT2D eigenvalue weighted by Crippen LogP contribution is -2.30. The van der Waals surface area contributed by atoms with Gasteiger partial charge in [-0.2, -0.15) is 0 Å². The lowest BCUT2D eigenvalue weighted by Gasteiger charge is -2.21. The summed E-state index contributed by atoms with van der Waals surface area (Å²) in [6.45, 7) is 0. The highest BCUT2D eigenvalue weighted by Crippen LogP contribution is 2.25. The van der Waals surface area contributed by atoms with Crippen LogP contribution in [0.5, 0.6) is 5.75 Å². The first-order valence-electron chi connectivity index (χ1n) is 9.44. The topological polar surface area (TPSA) is 117 Å². The highest BCUT2D eigenvalue weighted by molar-refractivity contribution is 5.96. The average molecular weight is 424 g/mol. The average Bonchev–Trinajstić information content (AvgIpc) is 2.74. The van der Waals surface area contributed by atoms with Gasteiger partial charge in [0.25, 0.3) is 0 Å². The third kappa shape index (κ3) is 7.79. The van der Waals surface area contributed by atoms with Crippen molar-refractivity contribution in [3.05, 3.63) is 84.1 Å². The number of benzene rings is 1. The summed E-state index contributed by atoms with van der Waals surface area (Å²) >= 11 is 0. The van der Waals surface area contributed by atoms with E-state index in [4.69, 9.17) is 4.74 Å². The second kappa shape index (κ2) is 12.6. The third-order valence-corrected chi connectivity index (χ3v) is 4.05. The van der Waals surface area contributed by atoms with Gasteiger partial charge >= 0.3 is 5.97 Å². The first-order chi connectivity index (χ1) is 15.0. The van der Waals surface area contributed by atoms with Crippen LogP contribution in [0.2, 0.25) is 0 Å². The van der Waals surface area contributed by atoms with Crippen LogP contribution in [0.1, 0.15) is 22.3 Å². The second-order valence-corrected chi connectivity index (χ2v) is 6.25. The van der Waals surface area contributed by atoms with E-state index < -0.39 is 24.1 Å². The minimum absolute atomic E-state index is 0.00838. The number of aromatic hydroxyl groups is 1. The number of rotatable bonds is 6. The maximum atomic E-state index is 12.7. The van der Waals surface area contributed by atoms with Crippen LogP contribution in [0.4, 0.5) is 0 Å². The number of nitrogens with one attached hydrogen (secondary N) is 1. The Hall–Kier alpha value is -3.91. The molecule has 8 heteroatoms. The van der Waals surface area contributed by atoms with Crippen LogP contribution in [0, 0.1) is 0 Å². The Balaban J connectivity index is 2.12. The van der Waals surface area contributed by atoms with Gasteiger partial charge in [-0.3, -0.25) is 4.79 Å². The summed E-state index contributed by atoms with van der Waals surface area (Å²) < 4.78 is 5.47. The van der Waals surface area contributed by atoms with Crippen molar-refractivity contribution in [2.75, 3.05) is 7.11 Å². The highest BCUT2D eigenvalue weighted by atomic mass is 16.6. The molecule has 0 saturated carbocycles. The molecule has 0 fully saturated rings. The molecule has 2 rings (SSSR count). The van der Waals surface area contributed by atoms with Gasteiger partial charge in [0.2, 0.25) is 5.91 Å². The van der Waals surface area contributed by atoms with Crippen molar-refractivity contribution in [2.24, 2.45) is 5.16 Å². The molecular weight excluding hydrogens is 400 g/mol. The Bertz CT molecular complexity index is 943. The molecule has 0 aromatic heterocycles. The minimum atomic E-state index is -1.10. The molecule has 31 heavy (non-hydrogen) atoms. The SMILES string of the molecule is CO/N=C/C=C\C(=O)N/C=C\C[C@@H]1OC(=O)c2c(O)cccc2/C=C/C=C\C=C/[C@@H]1O. The van der Waals surface area contributed by atoms with E-state index in [0.29, 0.717) is 5.56 Å². The predicted molar refractivity (Wildman–Crippen MR) is 117 cm³/mol. The number of cyclic esters (lactones) is 1. The molecule has 8 nitrogen and oxygen atoms in total. The zero-order valence-electron chi connectivity index (χ0n) is 16.9. The fourth-order valence-corrected chi connectivity index (χ4v) is 2.58. The van der Waals surface area contributed by atoms with Crippen LogP contribution >= 0.6 is 0 Å². The predicted octanol–water partition coefficient (Wildman–Crippen LogP) is 2.63. The van der Waals surface area contributed by atoms with Gasteiger partial charge in [0.1, 0.15) is 30.6 Å². The summed E-state index contributed by atoms with van der Waals surface area (Å²) in [5.74, 6) is -1.38. The molecule has 1 aromatic rings. The number of phenolic OH excluding ortho intramolecular Hbond substituents is 1. The summed E-state index contributed by atoms with van der Waals surface area (Å²) in [5, 5.41) is 26.5. The summed E-state index contributed by atoms with van der Waals surface area (Å²) in [4.78, 5) is 28.8. The normalized spacial score (nSPS) is 22.3. The molecule has 0 radical (unpaired) electrons. The number of phenols is 1. The largest absolute Gasteiger partial charge is 0.507 e. The Morgan fingerprint density at radius 2 is 2.10 bits per heavy atom. The first kappa shape index (κ1) is 23.4. The molecule has 1 aliphatic rings. The van der Waals surface area contributed by atoms with E-state index in [1.165, 1.54) is 43.8 Å². The second-order valence-electron chi connectivity index (χ2n) is 6.25. The van der Waals surface area contributed by atoms with Crippen molar-refractivity contribution in [3.8, 4) is 5.75 Å². The lowest BCUT2D eigenvalue weighted by molar-refractivity contribution is -0.115. The molecule has 0 unspecified atom stereocenters. The van der Waals surface area contributed by atoms with Crippen LogP contribution < -0.4 is 5.32 Å². The molecule has 1 heterocycles. The van der Waals surface area contributed by atoms with Crippen LogP contribution in [0.3, 0.4) is 0 Å². The third-order valence-electron chi connectivity index (χ3n) is 4.05. The fraction of sp³-hybridized carbons (Fsp3) is 0.174. The minimum Gasteiger partial charge on any atom is -0.507 e. The van der Waals surface area contributed by atoms with Crippen LogP contribution in [-0.2, 0) is 14.4 Å². The fourth-order valence-electron chi connectivity index (χ4n) is 2.58. The van der Waals surface area contributed by atoms with Crippen LogP contribution in [-0.4, -0.2) is 47.6 Å². The number of hydrogen-bond donors (Lipinski definition) is 3. The number of carbonyl (C=O) groups excluding carboxylic acids is 2. The zero-order valence-corrected chi connectivity index (χ0v) is 16.9. The van der Waals surface area contributed by atoms with Crippen LogP contribution in [0.15, 0.2) is 78.2 Å². The van der Waals surface area contributed by atoms with Crippen molar-refractivity contribution >= 4 is 24.2 Å². The van der Waals surface area contributed by atoms with E-state index in [2.05, 4.69) is 15.3 Å². The highest BCUT2D eigenvalue weighted by Gasteiger charge is 2.24. The van der Waals surface area contributed by atoms with E-state index >= 15 is 0 Å². The number of carbonyl (C=O) groups is 2. The smallest absolute Gasteiger partial charge is 0.342 e. The molecule has 1 aliphatic heterocycles. The Kier molecular flexibility index (Phi) is 9.51. The Morgan fingerprint density at radius 3 is 2.90 bits per heavy atom. The van der Waals surface area contributed by atoms with Gasteiger partial charge < -0.3 is 25.1 Å². The summed E-state index contributed by atoms with van der Waals surface area (Å²) in [5.41, 5.74) is 0.494. The molecule has 3 N–H and O–H groups in total. The van der Waals surface area contributed by atoms with Gasteiger partial charge in [-0.1, -0.05) is 59.8 Å². The van der Waals surface area contributed by atoms with E-state index in [1.54, 1.807) is 48.6 Å². The van der Waals surface area contributed by atoms with Gasteiger partial charge in [0.15, 0.2) is 0 Å². The zero-order chi connectivity index (χ0) is 22.5. The van der Waals surface area contributed by atoms with E-state index in [1.807, 2.05) is 0 Å². The van der Waals surface area contributed by atoms with E-state index in [-0.39, 0.29) is 17.7 Å². The van der Waals surface area contributed by atoms with Crippen molar-refractivity contribution < 1.29 is 29.4 Å². The number of aliphatic hydroxyl groups is 1. The number of ether oxygens (including phenoxy) is 1. The first-order valence-corrected chi connectivity index (χ1v) is 9.44. The number of aliphatic hydroxyl groups excluding tert-OH is 1. The van der Waals surface area contributed by atoms with Crippen molar-refractivity contribution in [3.63, 3.8) is 0 Å². The molecule has 1 aromatic carbocycles. The van der Waals surface area contributed by atoms with Gasteiger partial charge in [-0.15, -0.1) is 0 Å². The maximum Gasteiger partial charge on any atom is 0.342 e. The molecule has 0 spiro atoms. The van der Waals surface area contributed by atoms with E-state index in [0.717, 1.165) is 0 Å². The van der Waals surface area contributed by atoms with Crippen LogP contribution in [0.25, 0.3) is 6.08 Å². The number of allylic oxidation sites excluding steroid dienone is 5. The Morgan fingerprint density at radius 1 is 1.29 bits per heavy atom. The summed E-state index contributed by atoms with van der Waals surface area (Å²) in [7, 11) is 1.39. The maximum absolute atomic E-state index is 12.7. The van der Waals surface area contributed by atoms with Gasteiger partial charge in [-0.25, -0.2) is 4.79 Å². The van der Waals surface area contributed by atoms with Gasteiger partial charge in [-0.05, 0) is 17.7 Å². The monoisotopic (exact) mass is 424 g/mol. The van der Waals surface area contributed by atoms with Crippen molar-refractivity contribution in [1.82, 2.24) is 5.32 Å². The molecule has 162 valence electrons. The van der Waals surface area contributed by atoms with Crippen molar-refractivity contribution in [2.45, 2.75) is 18.6 Å². The van der Waals surface area contributed by atoms with Gasteiger partial charge in [0, 0.05) is 18.7 Å². The number of hydrogen-bond acceptors (Lipinski definition) is 7. The lowest BCUT2D eigenvalue weighted by atomic mass is 10.0. The number of nitrogens with zero attached hydrogens (tertiary/aromatic N) is 1. The Labute approximate surface area is 180 Å². The number of esters is 1. The molecule has 1 amide bonds. The number of fused-ring (bicyclic) bond motifs is 1. The molecule has 0 aliphatic carbocycles. The summed E-state index contributed by atoms with van der Waals surface area (Å²) in [6, 6.07) is 4.68. The van der Waals surface area contributed by atoms with E-state index in [9.17, 15) is 19.8 Å². The quantitative estimate of drug-likeness (QED) is 0.280. The molecule has 0 saturated heterocycles. The summed E-state index contributed by atoms with van der Waals surface area (Å²) in [6.07, 6.45) is 14.9.